The van der Waals surface area contributed by atoms with E-state index < -0.39 is 5.91 Å². The summed E-state index contributed by atoms with van der Waals surface area (Å²) in [5, 5.41) is 10.1. The van der Waals surface area contributed by atoms with Crippen LogP contribution in [0.15, 0.2) is 65.6 Å². The van der Waals surface area contributed by atoms with Crippen molar-refractivity contribution in [1.82, 2.24) is 25.0 Å². The minimum atomic E-state index is -0.417. The second-order valence-electron chi connectivity index (χ2n) is 8.64. The zero-order valence-corrected chi connectivity index (χ0v) is 19.8. The minimum Gasteiger partial charge on any atom is -0.369 e. The van der Waals surface area contributed by atoms with E-state index in [2.05, 4.69) is 20.9 Å². The summed E-state index contributed by atoms with van der Waals surface area (Å²) in [5.41, 5.74) is 1.99. The lowest BCUT2D eigenvalue weighted by molar-refractivity contribution is 0.0951. The highest BCUT2D eigenvalue weighted by atomic mass is 32.1. The Labute approximate surface area is 205 Å². The fourth-order valence-electron chi connectivity index (χ4n) is 4.20. The average molecular weight is 485 g/mol. The quantitative estimate of drug-likeness (QED) is 0.291. The third-order valence-corrected chi connectivity index (χ3v) is 7.26. The molecular weight excluding hydrogens is 460 g/mol. The second kappa shape index (κ2) is 9.09. The van der Waals surface area contributed by atoms with E-state index in [4.69, 9.17) is 4.98 Å². The van der Waals surface area contributed by atoms with Crippen LogP contribution in [0.2, 0.25) is 0 Å². The molecule has 0 radical (unpaired) electrons. The summed E-state index contributed by atoms with van der Waals surface area (Å²) < 4.78 is 2.91. The molecule has 35 heavy (non-hydrogen) atoms. The molecule has 1 aliphatic rings. The van der Waals surface area contributed by atoms with Crippen LogP contribution in [-0.4, -0.2) is 39.4 Å². The lowest BCUT2D eigenvalue weighted by Gasteiger charge is -2.11. The normalized spacial score (nSPS) is 13.5. The Kier molecular flexibility index (Phi) is 5.63. The molecule has 176 valence electrons. The minimum absolute atomic E-state index is 0.130. The summed E-state index contributed by atoms with van der Waals surface area (Å²) in [7, 11) is 0. The van der Waals surface area contributed by atoms with E-state index in [1.54, 1.807) is 18.3 Å². The molecule has 1 aromatic carbocycles. The molecule has 9 heteroatoms. The van der Waals surface area contributed by atoms with Crippen molar-refractivity contribution in [1.29, 1.82) is 0 Å². The van der Waals surface area contributed by atoms with Gasteiger partial charge in [-0.15, -0.1) is 11.3 Å². The van der Waals surface area contributed by atoms with Gasteiger partial charge >= 0.3 is 0 Å². The number of amides is 1. The number of pyridine rings is 3. The van der Waals surface area contributed by atoms with Crippen LogP contribution in [0, 0.1) is 0 Å². The van der Waals surface area contributed by atoms with Crippen molar-refractivity contribution < 1.29 is 4.79 Å². The molecule has 0 atom stereocenters. The lowest BCUT2D eigenvalue weighted by Crippen LogP contribution is -2.29. The van der Waals surface area contributed by atoms with Gasteiger partial charge in [0.05, 0.1) is 27.8 Å². The Morgan fingerprint density at radius 3 is 2.74 bits per heavy atom. The molecule has 1 saturated carbocycles. The van der Waals surface area contributed by atoms with E-state index in [9.17, 15) is 9.59 Å². The van der Waals surface area contributed by atoms with Gasteiger partial charge < -0.3 is 16.0 Å². The number of hydrogen-bond acceptors (Lipinski definition) is 7. The molecular formula is C26H24N6O2S. The molecule has 8 nitrogen and oxygen atoms in total. The highest BCUT2D eigenvalue weighted by Gasteiger charge is 2.23. The summed E-state index contributed by atoms with van der Waals surface area (Å²) in [6.07, 6.45) is 4.17. The highest BCUT2D eigenvalue weighted by molar-refractivity contribution is 7.24. The molecule has 1 fully saturated rings. The van der Waals surface area contributed by atoms with E-state index >= 15 is 0 Å². The Hall–Kier alpha value is -3.82. The lowest BCUT2D eigenvalue weighted by atomic mass is 10.1. The van der Waals surface area contributed by atoms with Crippen molar-refractivity contribution in [3.8, 4) is 0 Å². The maximum absolute atomic E-state index is 13.6. The molecule has 5 aromatic rings. The van der Waals surface area contributed by atoms with Crippen LogP contribution in [0.5, 0.6) is 0 Å². The van der Waals surface area contributed by atoms with Crippen LogP contribution in [0.1, 0.15) is 28.9 Å². The third-order valence-electron chi connectivity index (χ3n) is 6.11. The molecule has 6 rings (SSSR count). The van der Waals surface area contributed by atoms with Crippen molar-refractivity contribution in [2.24, 2.45) is 0 Å². The highest BCUT2D eigenvalue weighted by Crippen LogP contribution is 2.31. The molecule has 1 aliphatic carbocycles. The van der Waals surface area contributed by atoms with Gasteiger partial charge in [-0.1, -0.05) is 18.2 Å². The fraction of sp³-hybridized carbons (Fsp3) is 0.231. The topological polar surface area (TPSA) is 100 Å². The monoisotopic (exact) mass is 484 g/mol. The van der Waals surface area contributed by atoms with Crippen LogP contribution < -0.4 is 21.4 Å². The Balaban J connectivity index is 1.42. The summed E-state index contributed by atoms with van der Waals surface area (Å²) in [6, 6.07) is 17.6. The molecule has 0 aliphatic heterocycles. The molecule has 0 spiro atoms. The van der Waals surface area contributed by atoms with Crippen LogP contribution >= 0.6 is 11.3 Å². The molecule has 4 aromatic heterocycles. The van der Waals surface area contributed by atoms with Crippen LogP contribution in [0.4, 0.5) is 5.82 Å². The van der Waals surface area contributed by atoms with E-state index in [0.717, 1.165) is 29.0 Å². The predicted molar refractivity (Wildman–Crippen MR) is 139 cm³/mol. The summed E-state index contributed by atoms with van der Waals surface area (Å²) in [4.78, 5) is 36.5. The van der Waals surface area contributed by atoms with E-state index in [1.807, 2.05) is 46.9 Å². The van der Waals surface area contributed by atoms with E-state index in [-0.39, 0.29) is 17.5 Å². The van der Waals surface area contributed by atoms with E-state index in [1.165, 1.54) is 24.2 Å². The van der Waals surface area contributed by atoms with Gasteiger partial charge in [-0.2, -0.15) is 0 Å². The Bertz CT molecular complexity index is 1610. The number of benzene rings is 1. The van der Waals surface area contributed by atoms with Crippen LogP contribution in [0.3, 0.4) is 0 Å². The predicted octanol–water partition coefficient (Wildman–Crippen LogP) is 3.55. The maximum atomic E-state index is 13.6. The zero-order valence-electron chi connectivity index (χ0n) is 19.0. The van der Waals surface area contributed by atoms with Crippen molar-refractivity contribution in [3.63, 3.8) is 0 Å². The van der Waals surface area contributed by atoms with Gasteiger partial charge in [-0.05, 0) is 49.2 Å². The van der Waals surface area contributed by atoms with Gasteiger partial charge in [0.1, 0.15) is 16.2 Å². The maximum Gasteiger partial charge on any atom is 0.258 e. The van der Waals surface area contributed by atoms with Gasteiger partial charge in [0.2, 0.25) is 5.43 Å². The number of rotatable bonds is 8. The van der Waals surface area contributed by atoms with Crippen molar-refractivity contribution in [2.75, 3.05) is 18.4 Å². The van der Waals surface area contributed by atoms with Gasteiger partial charge in [0.25, 0.3) is 5.91 Å². The molecule has 3 N–H and O–H groups in total. The largest absolute Gasteiger partial charge is 0.369 e. The third kappa shape index (κ3) is 4.24. The number of nitrogens with one attached hydrogen (secondary N) is 3. The number of hydrogen-bond donors (Lipinski definition) is 3. The molecule has 0 saturated heterocycles. The second-order valence-corrected chi connectivity index (χ2v) is 9.67. The molecule has 4 heterocycles. The fourth-order valence-corrected chi connectivity index (χ4v) is 5.39. The smallest absolute Gasteiger partial charge is 0.258 e. The van der Waals surface area contributed by atoms with Gasteiger partial charge in [0, 0.05) is 25.3 Å². The number of para-hydroxylation sites is 1. The van der Waals surface area contributed by atoms with Crippen LogP contribution in [0.25, 0.3) is 26.1 Å². The number of carbonyl (C=O) groups is 1. The zero-order chi connectivity index (χ0) is 23.8. The Morgan fingerprint density at radius 1 is 1.06 bits per heavy atom. The van der Waals surface area contributed by atoms with Crippen molar-refractivity contribution >= 4 is 49.1 Å². The number of nitrogens with zero attached hydrogens (tertiary/aromatic N) is 3. The first-order chi connectivity index (χ1) is 17.2. The molecule has 0 unspecified atom stereocenters. The average Bonchev–Trinajstić information content (AvgIpc) is 3.64. The summed E-state index contributed by atoms with van der Waals surface area (Å²) in [6.45, 7) is 1.84. The summed E-state index contributed by atoms with van der Waals surface area (Å²) >= 11 is 1.42. The molecule has 1 amide bonds. The van der Waals surface area contributed by atoms with Crippen LogP contribution in [-0.2, 0) is 6.54 Å². The number of thiazole rings is 1. The van der Waals surface area contributed by atoms with Gasteiger partial charge in [0.15, 0.2) is 5.65 Å². The number of fused-ring (bicyclic) bond motifs is 5. The SMILES string of the molecule is O=C(NCc1ccccn1)c1c(=O)c2ccc(NCCNC3CC3)nc2n2c1sc1ccccc12. The Morgan fingerprint density at radius 2 is 1.91 bits per heavy atom. The standard InChI is InChI=1S/C26H24N6O2S/c33-23-18-10-11-21(29-14-13-28-16-8-9-16)31-24(18)32-19-6-1-2-7-20(19)35-26(32)22(23)25(34)30-15-17-5-3-4-12-27-17/h1-7,10-12,16,28H,8-9,13-15H2,(H,29,31)(H,30,34). The first kappa shape index (κ1) is 21.7. The number of carbonyl (C=O) groups excluding carboxylic acids is 1. The number of anilines is 1. The van der Waals surface area contributed by atoms with Gasteiger partial charge in [-0.25, -0.2) is 4.98 Å². The van der Waals surface area contributed by atoms with Crippen molar-refractivity contribution in [3.05, 3.63) is 82.3 Å². The number of aromatic nitrogens is 3. The first-order valence-corrected chi connectivity index (χ1v) is 12.5. The molecule has 0 bridgehead atoms. The first-order valence-electron chi connectivity index (χ1n) is 11.7. The van der Waals surface area contributed by atoms with E-state index in [0.29, 0.717) is 27.7 Å². The summed E-state index contributed by atoms with van der Waals surface area (Å²) in [5.74, 6) is 0.283. The van der Waals surface area contributed by atoms with Crippen molar-refractivity contribution in [2.45, 2.75) is 25.4 Å². The van der Waals surface area contributed by atoms with Gasteiger partial charge in [-0.3, -0.25) is 19.0 Å².